The van der Waals surface area contributed by atoms with E-state index in [1.807, 2.05) is 13.8 Å². The average molecular weight is 213 g/mol. The molecule has 0 aliphatic rings. The number of carbonyl (C=O) groups is 2. The number of aliphatic carboxylic acids is 1. The number of nitrogens with one attached hydrogen (secondary N) is 1. The maximum atomic E-state index is 10.5. The van der Waals surface area contributed by atoms with Crippen molar-refractivity contribution in [1.29, 1.82) is 0 Å². The third-order valence-electron chi connectivity index (χ3n) is 1.24. The minimum atomic E-state index is -0.935. The Kier molecular flexibility index (Phi) is 9.52. The second-order valence-corrected chi connectivity index (χ2v) is 3.43. The summed E-state index contributed by atoms with van der Waals surface area (Å²) in [5.74, 6) is -0.521. The largest absolute Gasteiger partial charge is 0.478 e. The van der Waals surface area contributed by atoms with Crippen molar-refractivity contribution in [1.82, 2.24) is 5.32 Å². The van der Waals surface area contributed by atoms with E-state index >= 15 is 0 Å². The molecule has 4 nitrogen and oxygen atoms in total. The Bertz CT molecular complexity index is 232. The van der Waals surface area contributed by atoms with Gasteiger partial charge in [-0.1, -0.05) is 27.0 Å². The molecule has 0 radical (unpaired) electrons. The monoisotopic (exact) mass is 213 g/mol. The molecule has 4 heteroatoms. The molecule has 86 valence electrons. The molecule has 2 N–H and O–H groups in total. The summed E-state index contributed by atoms with van der Waals surface area (Å²) in [5, 5.41) is 10.6. The Labute approximate surface area is 90.7 Å². The van der Waals surface area contributed by atoms with Gasteiger partial charge >= 0.3 is 5.97 Å². The molecule has 0 heterocycles. The molecule has 15 heavy (non-hydrogen) atoms. The van der Waals surface area contributed by atoms with Crippen LogP contribution in [0.2, 0.25) is 0 Å². The fourth-order valence-electron chi connectivity index (χ4n) is 0.377. The molecule has 0 aliphatic carbocycles. The van der Waals surface area contributed by atoms with Gasteiger partial charge in [-0.25, -0.2) is 4.79 Å². The van der Waals surface area contributed by atoms with Crippen LogP contribution in [0.3, 0.4) is 0 Å². The summed E-state index contributed by atoms with van der Waals surface area (Å²) in [5.41, 5.74) is 0.176. The third kappa shape index (κ3) is 15.2. The van der Waals surface area contributed by atoms with E-state index in [0.717, 1.165) is 6.54 Å². The first kappa shape index (κ1) is 15.9. The number of hydrogen-bond acceptors (Lipinski definition) is 2. The van der Waals surface area contributed by atoms with E-state index in [2.05, 4.69) is 18.5 Å². The van der Waals surface area contributed by atoms with E-state index in [1.54, 1.807) is 0 Å². The predicted octanol–water partition coefficient (Wildman–Crippen LogP) is 1.59. The molecule has 0 atom stereocenters. The molecule has 0 unspecified atom stereocenters. The Morgan fingerprint density at radius 1 is 1.47 bits per heavy atom. The van der Waals surface area contributed by atoms with Gasteiger partial charge in [0.15, 0.2) is 0 Å². The number of hydrogen-bond donors (Lipinski definition) is 2. The van der Waals surface area contributed by atoms with Crippen LogP contribution in [0.25, 0.3) is 0 Å². The summed E-state index contributed by atoms with van der Waals surface area (Å²) < 4.78 is 0. The zero-order valence-corrected chi connectivity index (χ0v) is 9.54. The van der Waals surface area contributed by atoms with Crippen LogP contribution in [0, 0.1) is 5.92 Å². The molecule has 0 aromatic rings. The van der Waals surface area contributed by atoms with E-state index in [-0.39, 0.29) is 11.5 Å². The highest BCUT2D eigenvalue weighted by Gasteiger charge is 1.94. The van der Waals surface area contributed by atoms with Crippen molar-refractivity contribution in [2.75, 3.05) is 6.54 Å². The molecule has 0 aromatic heterocycles. The zero-order chi connectivity index (χ0) is 12.4. The van der Waals surface area contributed by atoms with Crippen LogP contribution in [0.4, 0.5) is 0 Å². The lowest BCUT2D eigenvalue weighted by atomic mass is 10.2. The summed E-state index contributed by atoms with van der Waals surface area (Å²) in [4.78, 5) is 20.1. The van der Waals surface area contributed by atoms with Gasteiger partial charge in [0.1, 0.15) is 0 Å². The van der Waals surface area contributed by atoms with Gasteiger partial charge in [0.2, 0.25) is 5.91 Å². The summed E-state index contributed by atoms with van der Waals surface area (Å²) >= 11 is 0. The molecule has 0 aromatic carbocycles. The van der Waals surface area contributed by atoms with Crippen LogP contribution in [0.5, 0.6) is 0 Å². The van der Waals surface area contributed by atoms with Crippen LogP contribution < -0.4 is 5.32 Å². The fourth-order valence-corrected chi connectivity index (χ4v) is 0.377. The maximum Gasteiger partial charge on any atom is 0.330 e. The molecule has 0 bridgehead atoms. The topological polar surface area (TPSA) is 66.4 Å². The van der Waals surface area contributed by atoms with E-state index in [4.69, 9.17) is 5.11 Å². The van der Waals surface area contributed by atoms with Gasteiger partial charge in [0.05, 0.1) is 0 Å². The minimum Gasteiger partial charge on any atom is -0.478 e. The predicted molar refractivity (Wildman–Crippen MR) is 60.5 cm³/mol. The van der Waals surface area contributed by atoms with Crippen LogP contribution in [0.15, 0.2) is 24.8 Å². The average Bonchev–Trinajstić information content (AvgIpc) is 2.14. The highest BCUT2D eigenvalue weighted by Crippen LogP contribution is 1.86. The minimum absolute atomic E-state index is 0.0938. The Morgan fingerprint density at radius 2 is 1.87 bits per heavy atom. The van der Waals surface area contributed by atoms with E-state index in [1.165, 1.54) is 13.0 Å². The highest BCUT2D eigenvalue weighted by molar-refractivity contribution is 5.86. The lowest BCUT2D eigenvalue weighted by Crippen LogP contribution is -2.24. The normalized spacial score (nSPS) is 8.53. The van der Waals surface area contributed by atoms with Crippen LogP contribution in [-0.4, -0.2) is 23.5 Å². The van der Waals surface area contributed by atoms with Gasteiger partial charge in [-0.3, -0.25) is 4.79 Å². The van der Waals surface area contributed by atoms with Crippen molar-refractivity contribution >= 4 is 11.9 Å². The number of amides is 1. The van der Waals surface area contributed by atoms with Gasteiger partial charge in [0.25, 0.3) is 0 Å². The smallest absolute Gasteiger partial charge is 0.330 e. The Balaban J connectivity index is 0. The Hall–Kier alpha value is -1.58. The summed E-state index contributed by atoms with van der Waals surface area (Å²) in [7, 11) is 0. The molecular formula is C11H19NO3. The molecule has 0 saturated heterocycles. The van der Waals surface area contributed by atoms with E-state index in [9.17, 15) is 9.59 Å². The second-order valence-electron chi connectivity index (χ2n) is 3.43. The Morgan fingerprint density at radius 3 is 2.07 bits per heavy atom. The standard InChI is InChI=1S/C7H13NO.C4H6O2/c1-4-7(9)8-5-6(2)3;1-3(2)4(5)6/h4,6H,1,5H2,2-3H3,(H,8,9);1H2,2H3,(H,5,6). The maximum absolute atomic E-state index is 10.5. The summed E-state index contributed by atoms with van der Waals surface area (Å²) in [6, 6.07) is 0. The van der Waals surface area contributed by atoms with E-state index < -0.39 is 5.97 Å². The third-order valence-corrected chi connectivity index (χ3v) is 1.24. The van der Waals surface area contributed by atoms with Gasteiger partial charge in [0, 0.05) is 12.1 Å². The SMILES string of the molecule is C=C(C)C(=O)O.C=CC(=O)NCC(C)C. The van der Waals surface area contributed by atoms with Crippen molar-refractivity contribution in [3.8, 4) is 0 Å². The number of rotatable bonds is 4. The molecule has 0 saturated carbocycles. The van der Waals surface area contributed by atoms with Gasteiger partial charge in [-0.15, -0.1) is 0 Å². The van der Waals surface area contributed by atoms with Crippen LogP contribution in [-0.2, 0) is 9.59 Å². The lowest BCUT2D eigenvalue weighted by molar-refractivity contribution is -0.132. The summed E-state index contributed by atoms with van der Waals surface area (Å²) in [6.07, 6.45) is 1.28. The van der Waals surface area contributed by atoms with Crippen molar-refractivity contribution < 1.29 is 14.7 Å². The van der Waals surface area contributed by atoms with Crippen molar-refractivity contribution in [2.24, 2.45) is 5.92 Å². The lowest BCUT2D eigenvalue weighted by Gasteiger charge is -2.03. The molecule has 0 fully saturated rings. The van der Waals surface area contributed by atoms with E-state index in [0.29, 0.717) is 5.92 Å². The van der Waals surface area contributed by atoms with Crippen molar-refractivity contribution in [3.63, 3.8) is 0 Å². The second kappa shape index (κ2) is 8.99. The van der Waals surface area contributed by atoms with Crippen LogP contribution >= 0.6 is 0 Å². The van der Waals surface area contributed by atoms with Crippen LogP contribution in [0.1, 0.15) is 20.8 Å². The fraction of sp³-hybridized carbons (Fsp3) is 0.455. The van der Waals surface area contributed by atoms with Crippen molar-refractivity contribution in [2.45, 2.75) is 20.8 Å². The first-order valence-electron chi connectivity index (χ1n) is 4.60. The zero-order valence-electron chi connectivity index (χ0n) is 9.54. The molecule has 0 rings (SSSR count). The first-order chi connectivity index (χ1) is 6.81. The molecular weight excluding hydrogens is 194 g/mol. The highest BCUT2D eigenvalue weighted by atomic mass is 16.4. The number of carbonyl (C=O) groups excluding carboxylic acids is 1. The first-order valence-corrected chi connectivity index (χ1v) is 4.60. The van der Waals surface area contributed by atoms with Gasteiger partial charge in [-0.05, 0) is 18.9 Å². The molecule has 0 spiro atoms. The molecule has 1 amide bonds. The molecule has 0 aliphatic heterocycles. The quantitative estimate of drug-likeness (QED) is 0.697. The van der Waals surface area contributed by atoms with Gasteiger partial charge in [-0.2, -0.15) is 0 Å². The van der Waals surface area contributed by atoms with Gasteiger partial charge < -0.3 is 10.4 Å². The number of carboxylic acid groups (broad SMARTS) is 1. The summed E-state index contributed by atoms with van der Waals surface area (Å²) in [6.45, 7) is 12.7. The number of carboxylic acids is 1. The van der Waals surface area contributed by atoms with Crippen molar-refractivity contribution in [3.05, 3.63) is 24.8 Å².